The van der Waals surface area contributed by atoms with Crippen molar-refractivity contribution in [2.75, 3.05) is 31.7 Å². The second-order valence-electron chi connectivity index (χ2n) is 6.83. The first-order valence-corrected chi connectivity index (χ1v) is 11.1. The van der Waals surface area contributed by atoms with Crippen LogP contribution in [0.15, 0.2) is 24.3 Å². The molecule has 1 amide bonds. The quantitative estimate of drug-likeness (QED) is 0.159. The normalized spacial score (nSPS) is 11.1. The largest absolute Gasteiger partial charge is 0.394 e. The molecule has 0 fully saturated rings. The van der Waals surface area contributed by atoms with Crippen LogP contribution < -0.4 is 16.2 Å². The van der Waals surface area contributed by atoms with E-state index >= 15 is 4.39 Å². The highest BCUT2D eigenvalue weighted by Crippen LogP contribution is 2.31. The van der Waals surface area contributed by atoms with Gasteiger partial charge in [-0.25, -0.2) is 24.1 Å². The molecular formula is C21H24F3IN4O5. The Morgan fingerprint density at radius 1 is 1.18 bits per heavy atom. The molecule has 0 saturated heterocycles. The van der Waals surface area contributed by atoms with Crippen molar-refractivity contribution in [3.05, 3.63) is 56.4 Å². The van der Waals surface area contributed by atoms with E-state index in [9.17, 15) is 18.4 Å². The number of amides is 1. The number of aliphatic hydroxyl groups is 1. The molecule has 4 N–H and O–H groups in total. The third kappa shape index (κ3) is 7.89. The molecule has 0 unspecified atom stereocenters. The Labute approximate surface area is 207 Å². The Balaban J connectivity index is 2.48. The standard InChI is InChI=1S/C21H24F3IN4O5/c1-3-34-29(26-10-12(2)31)11-13-8-15(21(32)28-33-7-6-30)20(19(24)18(13)23)27-17-5-4-14(25)9-16(17)22/h4-5,8-9,26-27,30H,3,6-7,10-11H2,1-2H3,(H,28,32). The topological polar surface area (TPSA) is 112 Å². The molecule has 0 heterocycles. The molecule has 2 rings (SSSR count). The summed E-state index contributed by atoms with van der Waals surface area (Å²) in [6, 6.07) is 5.08. The van der Waals surface area contributed by atoms with Gasteiger partial charge in [0.2, 0.25) is 0 Å². The zero-order valence-corrected chi connectivity index (χ0v) is 20.5. The minimum atomic E-state index is -1.44. The number of nitrogens with one attached hydrogen (secondary N) is 3. The van der Waals surface area contributed by atoms with Gasteiger partial charge in [-0.3, -0.25) is 19.3 Å². The minimum absolute atomic E-state index is 0.127. The fraction of sp³-hybridized carbons (Fsp3) is 0.333. The van der Waals surface area contributed by atoms with Crippen molar-refractivity contribution in [2.45, 2.75) is 20.4 Å². The van der Waals surface area contributed by atoms with Crippen LogP contribution in [0, 0.1) is 21.0 Å². The molecule has 0 aliphatic carbocycles. The van der Waals surface area contributed by atoms with Gasteiger partial charge in [0, 0.05) is 9.13 Å². The van der Waals surface area contributed by atoms with Crippen LogP contribution in [0.5, 0.6) is 0 Å². The van der Waals surface area contributed by atoms with E-state index in [1.54, 1.807) is 13.0 Å². The number of benzene rings is 2. The Bertz CT molecular complexity index is 1030. The number of hydrogen-bond donors (Lipinski definition) is 4. The molecule has 34 heavy (non-hydrogen) atoms. The average Bonchev–Trinajstić information content (AvgIpc) is 2.78. The number of hydrogen-bond acceptors (Lipinski definition) is 8. The first-order valence-electron chi connectivity index (χ1n) is 10.1. The van der Waals surface area contributed by atoms with Crippen molar-refractivity contribution in [2.24, 2.45) is 0 Å². The molecule has 0 radical (unpaired) electrons. The van der Waals surface area contributed by atoms with Crippen LogP contribution in [0.2, 0.25) is 0 Å². The SMILES string of the molecule is CCON(Cc1cc(C(=O)NOCCO)c(Nc2ccc(I)cc2F)c(F)c1F)NCC(C)=O. The number of rotatable bonds is 13. The monoisotopic (exact) mass is 596 g/mol. The van der Waals surface area contributed by atoms with Crippen molar-refractivity contribution in [3.63, 3.8) is 0 Å². The fourth-order valence-electron chi connectivity index (χ4n) is 2.70. The number of carbonyl (C=O) groups excluding carboxylic acids is 2. The smallest absolute Gasteiger partial charge is 0.277 e. The van der Waals surface area contributed by atoms with E-state index in [1.807, 2.05) is 28.1 Å². The number of nitrogens with zero attached hydrogens (tertiary/aromatic N) is 1. The highest BCUT2D eigenvalue weighted by Gasteiger charge is 2.25. The van der Waals surface area contributed by atoms with Crippen molar-refractivity contribution in [3.8, 4) is 0 Å². The maximum atomic E-state index is 15.2. The summed E-state index contributed by atoms with van der Waals surface area (Å²) >= 11 is 1.89. The molecule has 2 aromatic carbocycles. The Hall–Kier alpha value is -2.30. The predicted octanol–water partition coefficient (Wildman–Crippen LogP) is 2.95. The summed E-state index contributed by atoms with van der Waals surface area (Å²) in [5.74, 6) is -4.69. The number of halogens is 4. The lowest BCUT2D eigenvalue weighted by atomic mass is 10.1. The molecule has 0 aromatic heterocycles. The van der Waals surface area contributed by atoms with Gasteiger partial charge >= 0.3 is 0 Å². The molecular weight excluding hydrogens is 572 g/mol. The van der Waals surface area contributed by atoms with Crippen molar-refractivity contribution < 1.29 is 37.5 Å². The summed E-state index contributed by atoms with van der Waals surface area (Å²) < 4.78 is 45.1. The van der Waals surface area contributed by atoms with Gasteiger partial charge in [-0.2, -0.15) is 0 Å². The maximum absolute atomic E-state index is 15.2. The lowest BCUT2D eigenvalue weighted by molar-refractivity contribution is -0.199. The first kappa shape index (κ1) is 27.9. The van der Waals surface area contributed by atoms with Gasteiger partial charge in [-0.05, 0) is 60.7 Å². The lowest BCUT2D eigenvalue weighted by Gasteiger charge is -2.23. The number of carbonyl (C=O) groups is 2. The van der Waals surface area contributed by atoms with Crippen LogP contribution >= 0.6 is 22.6 Å². The Morgan fingerprint density at radius 3 is 2.53 bits per heavy atom. The highest BCUT2D eigenvalue weighted by atomic mass is 127. The third-order valence-electron chi connectivity index (χ3n) is 4.18. The van der Waals surface area contributed by atoms with Gasteiger partial charge in [-0.1, -0.05) is 0 Å². The van der Waals surface area contributed by atoms with Crippen molar-refractivity contribution in [1.29, 1.82) is 0 Å². The van der Waals surface area contributed by atoms with Crippen LogP contribution in [0.25, 0.3) is 0 Å². The van der Waals surface area contributed by atoms with E-state index in [0.717, 1.165) is 11.2 Å². The molecule has 2 aromatic rings. The van der Waals surface area contributed by atoms with E-state index < -0.39 is 41.2 Å². The molecule has 0 saturated carbocycles. The van der Waals surface area contributed by atoms with Crippen LogP contribution in [0.1, 0.15) is 29.8 Å². The molecule has 0 atom stereocenters. The van der Waals surface area contributed by atoms with Gasteiger partial charge in [0.15, 0.2) is 11.6 Å². The fourth-order valence-corrected chi connectivity index (χ4v) is 3.15. The van der Waals surface area contributed by atoms with E-state index in [4.69, 9.17) is 14.8 Å². The van der Waals surface area contributed by atoms with Crippen LogP contribution in [0.4, 0.5) is 24.5 Å². The molecule has 13 heteroatoms. The second kappa shape index (κ2) is 13.6. The highest BCUT2D eigenvalue weighted by molar-refractivity contribution is 14.1. The summed E-state index contributed by atoms with van der Waals surface area (Å²) in [4.78, 5) is 34.0. The number of hydroxylamine groups is 2. The van der Waals surface area contributed by atoms with E-state index in [-0.39, 0.29) is 43.3 Å². The number of Topliss-reactive ketones (excluding diaryl/α,β-unsaturated/α-hetero) is 1. The van der Waals surface area contributed by atoms with E-state index in [1.165, 1.54) is 19.1 Å². The molecule has 0 aliphatic rings. The summed E-state index contributed by atoms with van der Waals surface area (Å²) in [6.45, 7) is 1.99. The molecule has 186 valence electrons. The zero-order valence-electron chi connectivity index (χ0n) is 18.4. The average molecular weight is 596 g/mol. The number of hydrazine groups is 1. The Morgan fingerprint density at radius 2 is 1.91 bits per heavy atom. The second-order valence-corrected chi connectivity index (χ2v) is 8.08. The summed E-state index contributed by atoms with van der Waals surface area (Å²) in [5, 5.41) is 12.3. The molecule has 0 spiro atoms. The van der Waals surface area contributed by atoms with Gasteiger partial charge in [0.1, 0.15) is 11.6 Å². The van der Waals surface area contributed by atoms with Gasteiger partial charge in [0.05, 0.1) is 49.8 Å². The molecule has 0 aliphatic heterocycles. The number of aliphatic hydroxyl groups excluding tert-OH is 1. The number of anilines is 2. The maximum Gasteiger partial charge on any atom is 0.277 e. The minimum Gasteiger partial charge on any atom is -0.394 e. The van der Waals surface area contributed by atoms with E-state index in [2.05, 4.69) is 10.7 Å². The molecule has 9 nitrogen and oxygen atoms in total. The van der Waals surface area contributed by atoms with Crippen molar-refractivity contribution in [1.82, 2.24) is 16.1 Å². The van der Waals surface area contributed by atoms with Crippen LogP contribution in [-0.2, 0) is 21.0 Å². The van der Waals surface area contributed by atoms with Gasteiger partial charge < -0.3 is 10.4 Å². The van der Waals surface area contributed by atoms with Gasteiger partial charge in [-0.15, -0.1) is 5.17 Å². The summed E-state index contributed by atoms with van der Waals surface area (Å²) in [7, 11) is 0. The summed E-state index contributed by atoms with van der Waals surface area (Å²) in [6.07, 6.45) is 0. The summed E-state index contributed by atoms with van der Waals surface area (Å²) in [5.41, 5.74) is 3.15. The lowest BCUT2D eigenvalue weighted by Crippen LogP contribution is -2.40. The Kier molecular flexibility index (Phi) is 11.1. The van der Waals surface area contributed by atoms with Crippen molar-refractivity contribution >= 4 is 45.7 Å². The predicted molar refractivity (Wildman–Crippen MR) is 125 cm³/mol. The van der Waals surface area contributed by atoms with Gasteiger partial charge in [0.25, 0.3) is 5.91 Å². The zero-order chi connectivity index (χ0) is 25.3. The third-order valence-corrected chi connectivity index (χ3v) is 4.85. The first-order chi connectivity index (χ1) is 16.2. The molecule has 0 bridgehead atoms. The number of ketones is 1. The van der Waals surface area contributed by atoms with E-state index in [0.29, 0.717) is 3.57 Å². The van der Waals surface area contributed by atoms with Crippen LogP contribution in [-0.4, -0.2) is 48.3 Å². The van der Waals surface area contributed by atoms with Crippen LogP contribution in [0.3, 0.4) is 0 Å².